The lowest BCUT2D eigenvalue weighted by Crippen LogP contribution is -2.19. The molecular formula is C5H8N2O3. The molecule has 1 rings (SSSR count). The summed E-state index contributed by atoms with van der Waals surface area (Å²) in [5.41, 5.74) is 2.56. The van der Waals surface area contributed by atoms with Crippen molar-refractivity contribution in [2.24, 2.45) is 5.10 Å². The highest BCUT2D eigenvalue weighted by atomic mass is 16.5. The molecule has 0 saturated heterocycles. The van der Waals surface area contributed by atoms with Crippen LogP contribution >= 0.6 is 0 Å². The number of nitrogens with one attached hydrogen (secondary N) is 1. The number of aliphatic hydroxyl groups excluding tert-OH is 1. The van der Waals surface area contributed by atoms with Crippen LogP contribution in [-0.2, 0) is 9.53 Å². The molecule has 0 radical (unpaired) electrons. The van der Waals surface area contributed by atoms with Crippen LogP contribution < -0.4 is 5.43 Å². The quantitative estimate of drug-likeness (QED) is 0.455. The Labute approximate surface area is 57.7 Å². The van der Waals surface area contributed by atoms with E-state index in [2.05, 4.69) is 15.3 Å². The van der Waals surface area contributed by atoms with Gasteiger partial charge >= 0.3 is 5.97 Å². The molecule has 1 aliphatic rings. The largest absolute Gasteiger partial charge is 0.464 e. The molecule has 10 heavy (non-hydrogen) atoms. The predicted molar refractivity (Wildman–Crippen MR) is 33.2 cm³/mol. The van der Waals surface area contributed by atoms with Crippen molar-refractivity contribution in [1.82, 2.24) is 5.43 Å². The number of hydrogen-bond donors (Lipinski definition) is 2. The maximum absolute atomic E-state index is 10.7. The molecule has 0 saturated carbocycles. The van der Waals surface area contributed by atoms with Crippen molar-refractivity contribution < 1.29 is 14.6 Å². The minimum absolute atomic E-state index is 0.215. The number of ether oxygens (including phenoxy) is 1. The van der Waals surface area contributed by atoms with Gasteiger partial charge in [0.15, 0.2) is 0 Å². The average molecular weight is 144 g/mol. The van der Waals surface area contributed by atoms with E-state index < -0.39 is 12.2 Å². The Morgan fingerprint density at radius 1 is 2.00 bits per heavy atom. The second kappa shape index (κ2) is 2.66. The SMILES string of the molecule is COC(=O)C1=NNC(O)C1. The summed E-state index contributed by atoms with van der Waals surface area (Å²) in [7, 11) is 1.27. The lowest BCUT2D eigenvalue weighted by molar-refractivity contribution is -0.132. The van der Waals surface area contributed by atoms with Crippen LogP contribution in [0, 0.1) is 0 Å². The van der Waals surface area contributed by atoms with Gasteiger partial charge in [0, 0.05) is 6.42 Å². The van der Waals surface area contributed by atoms with Crippen LogP contribution in [-0.4, -0.2) is 30.1 Å². The van der Waals surface area contributed by atoms with Crippen molar-refractivity contribution in [3.63, 3.8) is 0 Å². The minimum atomic E-state index is -0.742. The molecule has 1 unspecified atom stereocenters. The van der Waals surface area contributed by atoms with Gasteiger partial charge in [-0.3, -0.25) is 5.43 Å². The normalized spacial score (nSPS) is 23.4. The van der Waals surface area contributed by atoms with Crippen LogP contribution in [0.15, 0.2) is 5.10 Å². The number of rotatable bonds is 1. The van der Waals surface area contributed by atoms with Crippen molar-refractivity contribution in [2.45, 2.75) is 12.6 Å². The number of aliphatic hydroxyl groups is 1. The fourth-order valence-corrected chi connectivity index (χ4v) is 0.674. The number of carbonyl (C=O) groups excluding carboxylic acids is 1. The van der Waals surface area contributed by atoms with Crippen LogP contribution in [0.3, 0.4) is 0 Å². The number of nitrogens with zero attached hydrogens (tertiary/aromatic N) is 1. The van der Waals surface area contributed by atoms with Crippen molar-refractivity contribution in [3.8, 4) is 0 Å². The molecule has 0 fully saturated rings. The van der Waals surface area contributed by atoms with E-state index in [1.807, 2.05) is 0 Å². The van der Waals surface area contributed by atoms with Gasteiger partial charge < -0.3 is 9.84 Å². The lowest BCUT2D eigenvalue weighted by Gasteiger charge is -1.96. The molecule has 1 aliphatic heterocycles. The van der Waals surface area contributed by atoms with Crippen LogP contribution in [0.25, 0.3) is 0 Å². The Bertz CT molecular complexity index is 178. The average Bonchev–Trinajstić information content (AvgIpc) is 2.34. The third-order valence-corrected chi connectivity index (χ3v) is 1.16. The Morgan fingerprint density at radius 3 is 3.10 bits per heavy atom. The summed E-state index contributed by atoms with van der Waals surface area (Å²) in [6, 6.07) is 0. The van der Waals surface area contributed by atoms with Crippen molar-refractivity contribution in [2.75, 3.05) is 7.11 Å². The molecule has 56 valence electrons. The van der Waals surface area contributed by atoms with E-state index in [0.29, 0.717) is 0 Å². The molecule has 1 heterocycles. The van der Waals surface area contributed by atoms with Crippen molar-refractivity contribution in [3.05, 3.63) is 0 Å². The van der Waals surface area contributed by atoms with Gasteiger partial charge in [0.2, 0.25) is 0 Å². The van der Waals surface area contributed by atoms with Gasteiger partial charge in [0.05, 0.1) is 7.11 Å². The molecule has 0 amide bonds. The first-order valence-corrected chi connectivity index (χ1v) is 2.82. The molecule has 0 bridgehead atoms. The Kier molecular flexibility index (Phi) is 1.86. The van der Waals surface area contributed by atoms with E-state index in [0.717, 1.165) is 0 Å². The Balaban J connectivity index is 2.51. The summed E-state index contributed by atoms with van der Waals surface area (Å²) in [5.74, 6) is -0.496. The molecule has 5 heteroatoms. The minimum Gasteiger partial charge on any atom is -0.464 e. The number of hydrogen-bond acceptors (Lipinski definition) is 5. The van der Waals surface area contributed by atoms with Crippen molar-refractivity contribution in [1.29, 1.82) is 0 Å². The summed E-state index contributed by atoms with van der Waals surface area (Å²) >= 11 is 0. The highest BCUT2D eigenvalue weighted by molar-refractivity contribution is 6.36. The molecule has 0 aromatic rings. The zero-order valence-corrected chi connectivity index (χ0v) is 5.50. The van der Waals surface area contributed by atoms with Gasteiger partial charge in [0.1, 0.15) is 11.9 Å². The standard InChI is InChI=1S/C5H8N2O3/c1-10-5(9)3-2-4(8)7-6-3/h4,7-8H,2H2,1H3. The fraction of sp³-hybridized carbons (Fsp3) is 0.600. The summed E-state index contributed by atoms with van der Waals surface area (Å²) in [6.07, 6.45) is -0.527. The zero-order chi connectivity index (χ0) is 7.56. The number of hydrazone groups is 1. The molecule has 0 spiro atoms. The summed E-state index contributed by atoms with van der Waals surface area (Å²) < 4.78 is 4.36. The first-order valence-electron chi connectivity index (χ1n) is 2.82. The van der Waals surface area contributed by atoms with Gasteiger partial charge in [-0.25, -0.2) is 4.79 Å². The summed E-state index contributed by atoms with van der Waals surface area (Å²) in [4.78, 5) is 10.7. The molecule has 0 aromatic carbocycles. The summed E-state index contributed by atoms with van der Waals surface area (Å²) in [6.45, 7) is 0. The van der Waals surface area contributed by atoms with Gasteiger partial charge in [-0.1, -0.05) is 0 Å². The Hall–Kier alpha value is -1.10. The van der Waals surface area contributed by atoms with Crippen LogP contribution in [0.1, 0.15) is 6.42 Å². The predicted octanol–water partition coefficient (Wildman–Crippen LogP) is -1.17. The molecular weight excluding hydrogens is 136 g/mol. The zero-order valence-electron chi connectivity index (χ0n) is 5.50. The van der Waals surface area contributed by atoms with Gasteiger partial charge in [-0.2, -0.15) is 5.10 Å². The van der Waals surface area contributed by atoms with E-state index in [1.165, 1.54) is 7.11 Å². The van der Waals surface area contributed by atoms with Gasteiger partial charge in [-0.05, 0) is 0 Å². The fourth-order valence-electron chi connectivity index (χ4n) is 0.674. The Morgan fingerprint density at radius 2 is 2.70 bits per heavy atom. The van der Waals surface area contributed by atoms with Crippen LogP contribution in [0.5, 0.6) is 0 Å². The first-order chi connectivity index (χ1) is 4.74. The number of esters is 1. The first kappa shape index (κ1) is 7.01. The third-order valence-electron chi connectivity index (χ3n) is 1.16. The van der Waals surface area contributed by atoms with E-state index >= 15 is 0 Å². The van der Waals surface area contributed by atoms with E-state index in [9.17, 15) is 4.79 Å². The van der Waals surface area contributed by atoms with Crippen LogP contribution in [0.2, 0.25) is 0 Å². The lowest BCUT2D eigenvalue weighted by atomic mass is 10.3. The van der Waals surface area contributed by atoms with Gasteiger partial charge in [-0.15, -0.1) is 0 Å². The van der Waals surface area contributed by atoms with E-state index in [4.69, 9.17) is 5.11 Å². The molecule has 1 atom stereocenters. The number of carbonyl (C=O) groups is 1. The second-order valence-corrected chi connectivity index (χ2v) is 1.90. The number of methoxy groups -OCH3 is 1. The third kappa shape index (κ3) is 1.24. The van der Waals surface area contributed by atoms with Crippen molar-refractivity contribution >= 4 is 11.7 Å². The summed E-state index contributed by atoms with van der Waals surface area (Å²) in [5, 5.41) is 12.3. The van der Waals surface area contributed by atoms with E-state index in [-0.39, 0.29) is 12.1 Å². The highest BCUT2D eigenvalue weighted by Gasteiger charge is 2.21. The maximum atomic E-state index is 10.7. The van der Waals surface area contributed by atoms with Gasteiger partial charge in [0.25, 0.3) is 0 Å². The van der Waals surface area contributed by atoms with Crippen LogP contribution in [0.4, 0.5) is 0 Å². The maximum Gasteiger partial charge on any atom is 0.354 e. The topological polar surface area (TPSA) is 70.9 Å². The van der Waals surface area contributed by atoms with E-state index in [1.54, 1.807) is 0 Å². The monoisotopic (exact) mass is 144 g/mol. The molecule has 2 N–H and O–H groups in total. The molecule has 0 aliphatic carbocycles. The molecule has 5 nitrogen and oxygen atoms in total. The highest BCUT2D eigenvalue weighted by Crippen LogP contribution is 2.00. The smallest absolute Gasteiger partial charge is 0.354 e. The molecule has 0 aromatic heterocycles. The second-order valence-electron chi connectivity index (χ2n) is 1.90.